The van der Waals surface area contributed by atoms with Gasteiger partial charge in [0.25, 0.3) is 0 Å². The van der Waals surface area contributed by atoms with Crippen molar-refractivity contribution < 1.29 is 9.47 Å². The maximum absolute atomic E-state index is 7.54. The molecule has 0 saturated carbocycles. The lowest BCUT2D eigenvalue weighted by molar-refractivity contribution is 0.268. The minimum Gasteiger partial charge on any atom is -0.493 e. The molecule has 5 heteroatoms. The number of hydrogen-bond acceptors (Lipinski definition) is 3. The maximum atomic E-state index is 7.54. The Morgan fingerprint density at radius 2 is 2.06 bits per heavy atom. The number of nitrogens with one attached hydrogen (secondary N) is 1. The number of ether oxygens (including phenoxy) is 2. The van der Waals surface area contributed by atoms with Gasteiger partial charge in [0, 0.05) is 10.6 Å². The molecule has 0 aromatic heterocycles. The van der Waals surface area contributed by atoms with Crippen LogP contribution in [0.15, 0.2) is 18.2 Å². The first-order valence-electron chi connectivity index (χ1n) is 5.55. The Morgan fingerprint density at radius 1 is 1.39 bits per heavy atom. The fraction of sp³-hybridized carbons (Fsp3) is 0.462. The highest BCUT2D eigenvalue weighted by atomic mass is 35.5. The molecule has 0 bridgehead atoms. The van der Waals surface area contributed by atoms with Crippen LogP contribution in [0.4, 0.5) is 0 Å². The second kappa shape index (κ2) is 8.22. The summed E-state index contributed by atoms with van der Waals surface area (Å²) >= 11 is 5.94. The predicted octanol–water partition coefficient (Wildman–Crippen LogP) is 3.96. The molecular weight excluding hydrogens is 273 g/mol. The van der Waals surface area contributed by atoms with Crippen molar-refractivity contribution >= 4 is 29.9 Å². The van der Waals surface area contributed by atoms with Crippen molar-refractivity contribution in [1.29, 1.82) is 5.41 Å². The van der Waals surface area contributed by atoms with Gasteiger partial charge >= 0.3 is 0 Å². The molecule has 0 aliphatic heterocycles. The zero-order valence-electron chi connectivity index (χ0n) is 10.8. The molecule has 102 valence electrons. The fourth-order valence-electron chi connectivity index (χ4n) is 1.33. The maximum Gasteiger partial charge on any atom is 0.184 e. The van der Waals surface area contributed by atoms with Gasteiger partial charge in [0.2, 0.25) is 0 Å². The molecule has 1 aromatic rings. The average molecular weight is 292 g/mol. The first kappa shape index (κ1) is 17.1. The van der Waals surface area contributed by atoms with E-state index >= 15 is 0 Å². The van der Waals surface area contributed by atoms with Crippen LogP contribution in [0.1, 0.15) is 19.4 Å². The summed E-state index contributed by atoms with van der Waals surface area (Å²) < 4.78 is 10.5. The van der Waals surface area contributed by atoms with Gasteiger partial charge in [0.05, 0.1) is 20.1 Å². The zero-order chi connectivity index (χ0) is 12.8. The normalized spacial score (nSPS) is 9.83. The zero-order valence-corrected chi connectivity index (χ0v) is 12.4. The average Bonchev–Trinajstić information content (AvgIpc) is 2.27. The second-order valence-electron chi connectivity index (χ2n) is 4.26. The third-order valence-electron chi connectivity index (χ3n) is 2.19. The second-order valence-corrected chi connectivity index (χ2v) is 4.70. The summed E-state index contributed by atoms with van der Waals surface area (Å²) in [6.45, 7) is 4.83. The van der Waals surface area contributed by atoms with E-state index in [0.717, 1.165) is 11.3 Å². The van der Waals surface area contributed by atoms with Crippen LogP contribution in [0.5, 0.6) is 5.75 Å². The van der Waals surface area contributed by atoms with Crippen LogP contribution in [-0.4, -0.2) is 19.6 Å². The van der Waals surface area contributed by atoms with Gasteiger partial charge in [-0.15, -0.1) is 12.4 Å². The van der Waals surface area contributed by atoms with Crippen molar-refractivity contribution in [1.82, 2.24) is 0 Å². The van der Waals surface area contributed by atoms with Crippen LogP contribution in [0, 0.1) is 11.3 Å². The third kappa shape index (κ3) is 5.61. The summed E-state index contributed by atoms with van der Waals surface area (Å²) in [5.74, 6) is 1.42. The Kier molecular flexibility index (Phi) is 7.80. The molecule has 1 N–H and O–H groups in total. The molecule has 0 amide bonds. The summed E-state index contributed by atoms with van der Waals surface area (Å²) in [4.78, 5) is 0. The molecule has 3 nitrogen and oxygen atoms in total. The van der Waals surface area contributed by atoms with E-state index in [1.54, 1.807) is 6.07 Å². The molecule has 0 heterocycles. The lowest BCUT2D eigenvalue weighted by Gasteiger charge is -2.13. The van der Waals surface area contributed by atoms with E-state index in [0.29, 0.717) is 24.0 Å². The highest BCUT2D eigenvalue weighted by Crippen LogP contribution is 2.24. The molecular formula is C13H19Cl2NO2. The van der Waals surface area contributed by atoms with Crippen LogP contribution in [-0.2, 0) is 11.2 Å². The Morgan fingerprint density at radius 3 is 2.61 bits per heavy atom. The molecule has 18 heavy (non-hydrogen) atoms. The molecule has 0 radical (unpaired) electrons. The molecule has 0 aliphatic rings. The van der Waals surface area contributed by atoms with Crippen LogP contribution in [0.2, 0.25) is 5.02 Å². The highest BCUT2D eigenvalue weighted by molar-refractivity contribution is 6.30. The van der Waals surface area contributed by atoms with Gasteiger partial charge in [-0.1, -0.05) is 25.4 Å². The van der Waals surface area contributed by atoms with Gasteiger partial charge in [-0.2, -0.15) is 0 Å². The number of hydrogen-bond donors (Lipinski definition) is 1. The summed E-state index contributed by atoms with van der Waals surface area (Å²) in [5.41, 5.74) is 0.880. The van der Waals surface area contributed by atoms with Gasteiger partial charge in [-0.3, -0.25) is 5.41 Å². The topological polar surface area (TPSA) is 42.3 Å². The molecule has 0 aliphatic carbocycles. The predicted molar refractivity (Wildman–Crippen MR) is 77.5 cm³/mol. The number of methoxy groups -OCH3 is 1. The van der Waals surface area contributed by atoms with Crippen LogP contribution < -0.4 is 4.74 Å². The molecule has 0 fully saturated rings. The summed E-state index contributed by atoms with van der Waals surface area (Å²) in [6, 6.07) is 5.44. The Labute approximate surface area is 119 Å². The van der Waals surface area contributed by atoms with E-state index in [4.69, 9.17) is 26.5 Å². The number of rotatable bonds is 5. The molecule has 0 spiro atoms. The fourth-order valence-corrected chi connectivity index (χ4v) is 1.52. The van der Waals surface area contributed by atoms with Crippen LogP contribution in [0.25, 0.3) is 0 Å². The van der Waals surface area contributed by atoms with E-state index in [2.05, 4.69) is 13.8 Å². The minimum atomic E-state index is 0. The van der Waals surface area contributed by atoms with E-state index in [-0.39, 0.29) is 18.3 Å². The largest absolute Gasteiger partial charge is 0.493 e. The van der Waals surface area contributed by atoms with Crippen molar-refractivity contribution in [2.75, 3.05) is 13.7 Å². The number of halogens is 2. The van der Waals surface area contributed by atoms with Crippen molar-refractivity contribution in [2.24, 2.45) is 5.92 Å². The molecule has 1 rings (SSSR count). The minimum absolute atomic E-state index is 0. The highest BCUT2D eigenvalue weighted by Gasteiger charge is 2.08. The van der Waals surface area contributed by atoms with Gasteiger partial charge in [-0.25, -0.2) is 0 Å². The van der Waals surface area contributed by atoms with Gasteiger partial charge in [0.15, 0.2) is 5.90 Å². The van der Waals surface area contributed by atoms with E-state index in [1.807, 2.05) is 12.1 Å². The van der Waals surface area contributed by atoms with Crippen molar-refractivity contribution in [3.05, 3.63) is 28.8 Å². The smallest absolute Gasteiger partial charge is 0.184 e. The lowest BCUT2D eigenvalue weighted by Crippen LogP contribution is -2.09. The summed E-state index contributed by atoms with van der Waals surface area (Å²) in [6.07, 6.45) is 0.393. The lowest BCUT2D eigenvalue weighted by atomic mass is 10.1. The standard InChI is InChI=1S/C13H18ClNO2.ClH/c1-9(2)8-17-12-5-4-11(14)6-10(12)7-13(15)16-3;/h4-6,9,15H,7-8H2,1-3H3;1H. The van der Waals surface area contributed by atoms with Crippen LogP contribution >= 0.6 is 24.0 Å². The first-order chi connectivity index (χ1) is 8.02. The van der Waals surface area contributed by atoms with Gasteiger partial charge in [-0.05, 0) is 24.1 Å². The Balaban J connectivity index is 0.00000289. The number of benzene rings is 1. The summed E-state index contributed by atoms with van der Waals surface area (Å²) in [7, 11) is 1.49. The van der Waals surface area contributed by atoms with Crippen molar-refractivity contribution in [2.45, 2.75) is 20.3 Å². The van der Waals surface area contributed by atoms with Crippen molar-refractivity contribution in [3.63, 3.8) is 0 Å². The van der Waals surface area contributed by atoms with E-state index in [1.165, 1.54) is 7.11 Å². The monoisotopic (exact) mass is 291 g/mol. The molecule has 0 atom stereocenters. The van der Waals surface area contributed by atoms with Crippen LogP contribution in [0.3, 0.4) is 0 Å². The molecule has 0 saturated heterocycles. The first-order valence-corrected chi connectivity index (χ1v) is 5.93. The summed E-state index contributed by atoms with van der Waals surface area (Å²) in [5, 5.41) is 8.18. The Hall–Kier alpha value is -0.930. The Bertz CT molecular complexity index is 395. The van der Waals surface area contributed by atoms with Gasteiger partial charge in [0.1, 0.15) is 5.75 Å². The van der Waals surface area contributed by atoms with E-state index < -0.39 is 0 Å². The third-order valence-corrected chi connectivity index (χ3v) is 2.43. The van der Waals surface area contributed by atoms with Gasteiger partial charge < -0.3 is 9.47 Å². The van der Waals surface area contributed by atoms with E-state index in [9.17, 15) is 0 Å². The molecule has 0 unspecified atom stereocenters. The van der Waals surface area contributed by atoms with Crippen molar-refractivity contribution in [3.8, 4) is 5.75 Å². The quantitative estimate of drug-likeness (QED) is 0.659. The SMILES string of the molecule is COC(=N)Cc1cc(Cl)ccc1OCC(C)C.Cl. The molecule has 1 aromatic carbocycles.